The number of rotatable bonds is 7. The van der Waals surface area contributed by atoms with Crippen LogP contribution in [0.3, 0.4) is 0 Å². The lowest BCUT2D eigenvalue weighted by atomic mass is 9.85. The van der Waals surface area contributed by atoms with Crippen molar-refractivity contribution in [1.82, 2.24) is 19.7 Å². The first-order chi connectivity index (χ1) is 20.0. The molecular weight excluding hydrogens is 582 g/mol. The predicted octanol–water partition coefficient (Wildman–Crippen LogP) is 5.51. The van der Waals surface area contributed by atoms with Gasteiger partial charge >= 0.3 is 0 Å². The van der Waals surface area contributed by atoms with Crippen molar-refractivity contribution >= 4 is 34.9 Å². The molecule has 1 aliphatic heterocycles. The zero-order valence-corrected chi connectivity index (χ0v) is 24.4. The van der Waals surface area contributed by atoms with Gasteiger partial charge in [-0.15, -0.1) is 0 Å². The lowest BCUT2D eigenvalue weighted by Crippen LogP contribution is -2.48. The van der Waals surface area contributed by atoms with E-state index in [2.05, 4.69) is 10.1 Å². The van der Waals surface area contributed by atoms with E-state index < -0.39 is 29.2 Å². The second kappa shape index (κ2) is 10.6. The molecule has 0 bridgehead atoms. The fourth-order valence-electron chi connectivity index (χ4n) is 5.80. The van der Waals surface area contributed by atoms with Gasteiger partial charge in [0.1, 0.15) is 17.2 Å². The molecule has 3 heterocycles. The number of fused-ring (bicyclic) bond motifs is 1. The molecule has 216 valence electrons. The summed E-state index contributed by atoms with van der Waals surface area (Å²) in [5.41, 5.74) is -1.83. The van der Waals surface area contributed by atoms with E-state index >= 15 is 4.39 Å². The maximum atomic E-state index is 16.6. The summed E-state index contributed by atoms with van der Waals surface area (Å²) >= 11 is 12.3. The smallest absolute Gasteiger partial charge is 0.257 e. The molecule has 6 rings (SSSR count). The van der Waals surface area contributed by atoms with Crippen LogP contribution < -0.4 is 0 Å². The number of halogens is 3. The Labute approximate surface area is 251 Å². The van der Waals surface area contributed by atoms with Crippen LogP contribution in [0.4, 0.5) is 4.39 Å². The number of amides is 1. The van der Waals surface area contributed by atoms with Crippen LogP contribution in [0, 0.1) is 5.82 Å². The summed E-state index contributed by atoms with van der Waals surface area (Å²) in [6.45, 7) is 1.47. The number of Topliss-reactive ketones (excluding diaryl/α,β-unsaturated/α-hetero) is 1. The van der Waals surface area contributed by atoms with Crippen molar-refractivity contribution in [3.8, 4) is 0 Å². The number of nitrogens with zero attached hydrogens (tertiary/aromatic N) is 4. The Morgan fingerprint density at radius 3 is 2.45 bits per heavy atom. The number of aryl methyl sites for hydroxylation is 1. The zero-order chi connectivity index (χ0) is 29.8. The standard InChI is InChI=1S/C31H27Cl2FN4O4/c1-30(41,20-14-36-37(2)16-20)19-11-26-28(27(34)12-19)31(18-3-5-21(32)6-4-18,42-25-10-9-24(39)13-25)38(29(26)40)17-23-8-7-22(33)15-35-23/h3-8,11-12,14-16,25,41H,9-10,13,17H2,1-2H3/t25-,30-,31+/m0/s1. The van der Waals surface area contributed by atoms with Gasteiger partial charge in [0, 0.05) is 48.4 Å². The van der Waals surface area contributed by atoms with Crippen LogP contribution in [0.25, 0.3) is 0 Å². The molecule has 1 amide bonds. The van der Waals surface area contributed by atoms with Crippen molar-refractivity contribution in [2.24, 2.45) is 7.05 Å². The van der Waals surface area contributed by atoms with Gasteiger partial charge in [-0.05, 0) is 55.3 Å². The molecular formula is C31H27Cl2FN4O4. The minimum atomic E-state index is -1.75. The Hall–Kier alpha value is -3.63. The van der Waals surface area contributed by atoms with Gasteiger partial charge in [-0.2, -0.15) is 5.10 Å². The highest BCUT2D eigenvalue weighted by Crippen LogP contribution is 2.50. The Balaban J connectivity index is 1.58. The molecule has 1 saturated carbocycles. The molecule has 2 aromatic heterocycles. The number of hydrogen-bond acceptors (Lipinski definition) is 6. The van der Waals surface area contributed by atoms with E-state index in [1.54, 1.807) is 49.6 Å². The number of benzene rings is 2. The SMILES string of the molecule is Cn1cc([C@@](C)(O)c2cc(F)c3c(c2)C(=O)N(Cc2ccc(Cl)cn2)[C@@]3(O[C@H]2CCC(=O)C2)c2ccc(Cl)cc2)cn1. The van der Waals surface area contributed by atoms with Crippen molar-refractivity contribution in [2.75, 3.05) is 0 Å². The van der Waals surface area contributed by atoms with Crippen LogP contribution in [0.15, 0.2) is 67.1 Å². The number of aliphatic hydroxyl groups is 1. The molecule has 2 aliphatic rings. The van der Waals surface area contributed by atoms with Gasteiger partial charge in [-0.3, -0.25) is 24.2 Å². The van der Waals surface area contributed by atoms with E-state index in [1.807, 2.05) is 0 Å². The van der Waals surface area contributed by atoms with Gasteiger partial charge in [0.05, 0.1) is 40.7 Å². The van der Waals surface area contributed by atoms with Gasteiger partial charge in [-0.1, -0.05) is 35.3 Å². The maximum absolute atomic E-state index is 16.6. The van der Waals surface area contributed by atoms with Gasteiger partial charge in [0.2, 0.25) is 5.72 Å². The van der Waals surface area contributed by atoms with Crippen LogP contribution in [0.1, 0.15) is 64.5 Å². The molecule has 1 N–H and O–H groups in total. The molecule has 0 spiro atoms. The summed E-state index contributed by atoms with van der Waals surface area (Å²) in [6.07, 6.45) is 4.92. The monoisotopic (exact) mass is 608 g/mol. The summed E-state index contributed by atoms with van der Waals surface area (Å²) < 4.78 is 24.9. The molecule has 11 heteroatoms. The quantitative estimate of drug-likeness (QED) is 0.297. The number of ether oxygens (including phenoxy) is 1. The Morgan fingerprint density at radius 1 is 1.10 bits per heavy atom. The molecule has 0 saturated heterocycles. The summed E-state index contributed by atoms with van der Waals surface area (Å²) in [5.74, 6) is -1.24. The van der Waals surface area contributed by atoms with E-state index in [9.17, 15) is 14.7 Å². The molecule has 0 radical (unpaired) electrons. The van der Waals surface area contributed by atoms with E-state index in [0.29, 0.717) is 39.7 Å². The van der Waals surface area contributed by atoms with E-state index in [4.69, 9.17) is 27.9 Å². The molecule has 3 atom stereocenters. The van der Waals surface area contributed by atoms with E-state index in [-0.39, 0.29) is 35.4 Å². The number of hydrogen-bond donors (Lipinski definition) is 1. The average Bonchev–Trinajstić information content (AvgIpc) is 3.64. The van der Waals surface area contributed by atoms with Gasteiger partial charge < -0.3 is 9.84 Å². The number of carbonyl (C=O) groups excluding carboxylic acids is 2. The average molecular weight is 609 g/mol. The number of aromatic nitrogens is 3. The zero-order valence-electron chi connectivity index (χ0n) is 22.9. The maximum Gasteiger partial charge on any atom is 0.257 e. The summed E-state index contributed by atoms with van der Waals surface area (Å²) in [6, 6.07) is 12.7. The topological polar surface area (TPSA) is 97.5 Å². The molecule has 2 aromatic carbocycles. The van der Waals surface area contributed by atoms with Gasteiger partial charge in [-0.25, -0.2) is 4.39 Å². The third-order valence-corrected chi connectivity index (χ3v) is 8.47. The van der Waals surface area contributed by atoms with Crippen molar-refractivity contribution in [3.63, 3.8) is 0 Å². The van der Waals surface area contributed by atoms with Crippen LogP contribution in [-0.2, 0) is 34.4 Å². The normalized spacial score (nSPS) is 21.6. The van der Waals surface area contributed by atoms with Crippen LogP contribution in [0.5, 0.6) is 0 Å². The highest BCUT2D eigenvalue weighted by Gasteiger charge is 2.56. The minimum absolute atomic E-state index is 0.00567. The lowest BCUT2D eigenvalue weighted by molar-refractivity contribution is -0.149. The number of carbonyl (C=O) groups is 2. The molecule has 0 unspecified atom stereocenters. The van der Waals surface area contributed by atoms with Crippen LogP contribution in [-0.4, -0.2) is 42.6 Å². The number of pyridine rings is 1. The molecule has 42 heavy (non-hydrogen) atoms. The second-order valence-electron chi connectivity index (χ2n) is 10.9. The first-order valence-electron chi connectivity index (χ1n) is 13.4. The fourth-order valence-corrected chi connectivity index (χ4v) is 6.03. The highest BCUT2D eigenvalue weighted by atomic mass is 35.5. The molecule has 1 aliphatic carbocycles. The Kier molecular flexibility index (Phi) is 7.17. The van der Waals surface area contributed by atoms with Crippen LogP contribution >= 0.6 is 23.2 Å². The van der Waals surface area contributed by atoms with Crippen molar-refractivity contribution in [1.29, 1.82) is 0 Å². The van der Waals surface area contributed by atoms with Crippen LogP contribution in [0.2, 0.25) is 10.0 Å². The first-order valence-corrected chi connectivity index (χ1v) is 14.2. The summed E-state index contributed by atoms with van der Waals surface area (Å²) in [5, 5.41) is 16.5. The van der Waals surface area contributed by atoms with Gasteiger partial charge in [0.15, 0.2) is 0 Å². The third-order valence-electron chi connectivity index (χ3n) is 8.00. The third kappa shape index (κ3) is 4.80. The Morgan fingerprint density at radius 2 is 1.83 bits per heavy atom. The van der Waals surface area contributed by atoms with Crippen molar-refractivity contribution in [3.05, 3.63) is 116 Å². The Bertz CT molecular complexity index is 1690. The van der Waals surface area contributed by atoms with E-state index in [1.165, 1.54) is 41.0 Å². The molecule has 4 aromatic rings. The van der Waals surface area contributed by atoms with E-state index in [0.717, 1.165) is 0 Å². The van der Waals surface area contributed by atoms with Crippen molar-refractivity contribution < 1.29 is 23.8 Å². The summed E-state index contributed by atoms with van der Waals surface area (Å²) in [7, 11) is 1.71. The number of ketones is 1. The molecule has 8 nitrogen and oxygen atoms in total. The second-order valence-corrected chi connectivity index (χ2v) is 11.8. The first kappa shape index (κ1) is 28.5. The van der Waals surface area contributed by atoms with Gasteiger partial charge in [0.25, 0.3) is 5.91 Å². The van der Waals surface area contributed by atoms with Crippen molar-refractivity contribution in [2.45, 2.75) is 50.2 Å². The lowest BCUT2D eigenvalue weighted by Gasteiger charge is -2.41. The largest absolute Gasteiger partial charge is 0.381 e. The highest BCUT2D eigenvalue weighted by molar-refractivity contribution is 6.30. The fraction of sp³-hybridized carbons (Fsp3) is 0.290. The minimum Gasteiger partial charge on any atom is -0.381 e. The predicted molar refractivity (Wildman–Crippen MR) is 153 cm³/mol. The summed E-state index contributed by atoms with van der Waals surface area (Å²) in [4.78, 5) is 32.4. The molecule has 1 fully saturated rings.